The molecule has 2 amide bonds. The van der Waals surface area contributed by atoms with Crippen molar-refractivity contribution in [3.8, 4) is 0 Å². The SMILES string of the molecule is CC(=O)Nc1nc(C(=O)NCC(C)C(=O)OC(C)C)cs1. The van der Waals surface area contributed by atoms with Gasteiger partial charge in [0.15, 0.2) is 5.13 Å². The number of thiazole rings is 1. The van der Waals surface area contributed by atoms with E-state index in [0.717, 1.165) is 11.3 Å². The molecule has 0 aromatic carbocycles. The van der Waals surface area contributed by atoms with Crippen molar-refractivity contribution in [3.63, 3.8) is 0 Å². The van der Waals surface area contributed by atoms with Gasteiger partial charge in [0.1, 0.15) is 5.69 Å². The van der Waals surface area contributed by atoms with E-state index in [-0.39, 0.29) is 30.2 Å². The van der Waals surface area contributed by atoms with E-state index >= 15 is 0 Å². The number of anilines is 1. The molecule has 2 N–H and O–H groups in total. The van der Waals surface area contributed by atoms with Crippen LogP contribution in [0.1, 0.15) is 38.2 Å². The molecule has 1 aromatic rings. The molecule has 0 fully saturated rings. The Labute approximate surface area is 127 Å². The minimum absolute atomic E-state index is 0.164. The van der Waals surface area contributed by atoms with E-state index in [1.807, 2.05) is 0 Å². The van der Waals surface area contributed by atoms with Crippen molar-refractivity contribution in [2.24, 2.45) is 5.92 Å². The number of ether oxygens (including phenoxy) is 1. The first-order chi connectivity index (χ1) is 9.79. The highest BCUT2D eigenvalue weighted by molar-refractivity contribution is 7.14. The number of aromatic nitrogens is 1. The number of hydrogen-bond donors (Lipinski definition) is 2. The van der Waals surface area contributed by atoms with Crippen LogP contribution in [0, 0.1) is 5.92 Å². The van der Waals surface area contributed by atoms with Crippen LogP contribution in [0.2, 0.25) is 0 Å². The maximum absolute atomic E-state index is 11.9. The monoisotopic (exact) mass is 313 g/mol. The zero-order valence-corrected chi connectivity index (χ0v) is 13.2. The van der Waals surface area contributed by atoms with Crippen molar-refractivity contribution in [2.75, 3.05) is 11.9 Å². The average Bonchev–Trinajstić information content (AvgIpc) is 2.82. The maximum atomic E-state index is 11.9. The Morgan fingerprint density at radius 3 is 2.57 bits per heavy atom. The number of carbonyl (C=O) groups is 3. The van der Waals surface area contributed by atoms with Gasteiger partial charge < -0.3 is 15.4 Å². The molecule has 1 atom stereocenters. The number of nitrogens with one attached hydrogen (secondary N) is 2. The molecule has 0 bridgehead atoms. The Hall–Kier alpha value is -1.96. The summed E-state index contributed by atoms with van der Waals surface area (Å²) in [6.45, 7) is 6.74. The first kappa shape index (κ1) is 17.1. The molecule has 0 radical (unpaired) electrons. The average molecular weight is 313 g/mol. The summed E-state index contributed by atoms with van der Waals surface area (Å²) in [6.07, 6.45) is -0.186. The molecule has 116 valence electrons. The second kappa shape index (κ2) is 7.72. The molecule has 1 aromatic heterocycles. The lowest BCUT2D eigenvalue weighted by molar-refractivity contribution is -0.151. The van der Waals surface area contributed by atoms with E-state index in [9.17, 15) is 14.4 Å². The van der Waals surface area contributed by atoms with Gasteiger partial charge in [0.2, 0.25) is 5.91 Å². The normalized spacial score (nSPS) is 11.9. The Balaban J connectivity index is 2.48. The summed E-state index contributed by atoms with van der Waals surface area (Å²) in [4.78, 5) is 38.3. The minimum Gasteiger partial charge on any atom is -0.463 e. The molecular formula is C13H19N3O4S. The highest BCUT2D eigenvalue weighted by Crippen LogP contribution is 2.15. The predicted molar refractivity (Wildman–Crippen MR) is 79.1 cm³/mol. The van der Waals surface area contributed by atoms with Gasteiger partial charge in [0.25, 0.3) is 5.91 Å². The fourth-order valence-corrected chi connectivity index (χ4v) is 2.09. The van der Waals surface area contributed by atoms with E-state index in [2.05, 4.69) is 15.6 Å². The summed E-state index contributed by atoms with van der Waals surface area (Å²) in [5.74, 6) is -1.44. The number of rotatable bonds is 6. The minimum atomic E-state index is -0.440. The zero-order valence-electron chi connectivity index (χ0n) is 12.4. The van der Waals surface area contributed by atoms with Crippen molar-refractivity contribution in [2.45, 2.75) is 33.8 Å². The summed E-state index contributed by atoms with van der Waals surface area (Å²) >= 11 is 1.16. The number of esters is 1. The van der Waals surface area contributed by atoms with Crippen LogP contribution in [0.25, 0.3) is 0 Å². The molecule has 1 heterocycles. The lowest BCUT2D eigenvalue weighted by Gasteiger charge is -2.14. The van der Waals surface area contributed by atoms with Crippen LogP contribution in [0.5, 0.6) is 0 Å². The van der Waals surface area contributed by atoms with Gasteiger partial charge in [0.05, 0.1) is 12.0 Å². The second-order valence-corrected chi connectivity index (χ2v) is 5.67. The predicted octanol–water partition coefficient (Wildman–Crippen LogP) is 1.42. The van der Waals surface area contributed by atoms with Crippen LogP contribution in [0.4, 0.5) is 5.13 Å². The van der Waals surface area contributed by atoms with Gasteiger partial charge in [0, 0.05) is 18.8 Å². The van der Waals surface area contributed by atoms with Crippen LogP contribution in [-0.4, -0.2) is 35.4 Å². The fourth-order valence-electron chi connectivity index (χ4n) is 1.35. The van der Waals surface area contributed by atoms with Crippen LogP contribution in [0.15, 0.2) is 5.38 Å². The van der Waals surface area contributed by atoms with Gasteiger partial charge in [-0.25, -0.2) is 4.98 Å². The van der Waals surface area contributed by atoms with Gasteiger partial charge >= 0.3 is 5.97 Å². The second-order valence-electron chi connectivity index (χ2n) is 4.82. The lowest BCUT2D eigenvalue weighted by atomic mass is 10.2. The third-order valence-corrected chi connectivity index (χ3v) is 3.10. The van der Waals surface area contributed by atoms with E-state index < -0.39 is 11.8 Å². The van der Waals surface area contributed by atoms with Gasteiger partial charge in [-0.15, -0.1) is 11.3 Å². The van der Waals surface area contributed by atoms with Crippen LogP contribution in [-0.2, 0) is 14.3 Å². The maximum Gasteiger partial charge on any atom is 0.310 e. The first-order valence-electron chi connectivity index (χ1n) is 6.51. The number of carbonyl (C=O) groups excluding carboxylic acids is 3. The molecule has 0 aliphatic carbocycles. The van der Waals surface area contributed by atoms with E-state index in [1.165, 1.54) is 12.3 Å². The molecule has 0 aliphatic heterocycles. The quantitative estimate of drug-likeness (QED) is 0.774. The Morgan fingerprint density at radius 1 is 1.33 bits per heavy atom. The molecular weight excluding hydrogens is 294 g/mol. The smallest absolute Gasteiger partial charge is 0.310 e. The topological polar surface area (TPSA) is 97.4 Å². The summed E-state index contributed by atoms with van der Waals surface area (Å²) in [6, 6.07) is 0. The summed E-state index contributed by atoms with van der Waals surface area (Å²) in [5, 5.41) is 7.01. The molecule has 0 saturated carbocycles. The highest BCUT2D eigenvalue weighted by Gasteiger charge is 2.18. The number of nitrogens with zero attached hydrogens (tertiary/aromatic N) is 1. The third kappa shape index (κ3) is 5.90. The van der Waals surface area contributed by atoms with E-state index in [0.29, 0.717) is 5.13 Å². The molecule has 8 heteroatoms. The van der Waals surface area contributed by atoms with E-state index in [4.69, 9.17) is 4.74 Å². The molecule has 1 unspecified atom stereocenters. The van der Waals surface area contributed by atoms with Crippen molar-refractivity contribution >= 4 is 34.3 Å². The Morgan fingerprint density at radius 2 is 2.00 bits per heavy atom. The van der Waals surface area contributed by atoms with Crippen molar-refractivity contribution in [3.05, 3.63) is 11.1 Å². The van der Waals surface area contributed by atoms with Gasteiger partial charge in [-0.05, 0) is 13.8 Å². The van der Waals surface area contributed by atoms with Crippen LogP contribution >= 0.6 is 11.3 Å². The van der Waals surface area contributed by atoms with Crippen LogP contribution in [0.3, 0.4) is 0 Å². The number of amides is 2. The first-order valence-corrected chi connectivity index (χ1v) is 7.39. The molecule has 1 rings (SSSR count). The molecule has 21 heavy (non-hydrogen) atoms. The molecule has 7 nitrogen and oxygen atoms in total. The highest BCUT2D eigenvalue weighted by atomic mass is 32.1. The van der Waals surface area contributed by atoms with Crippen molar-refractivity contribution in [1.29, 1.82) is 0 Å². The zero-order chi connectivity index (χ0) is 16.0. The summed E-state index contributed by atoms with van der Waals surface area (Å²) in [5.41, 5.74) is 0.202. The lowest BCUT2D eigenvalue weighted by Crippen LogP contribution is -2.33. The van der Waals surface area contributed by atoms with Gasteiger partial charge in [-0.3, -0.25) is 14.4 Å². The summed E-state index contributed by atoms with van der Waals surface area (Å²) in [7, 11) is 0. The third-order valence-electron chi connectivity index (χ3n) is 2.34. The van der Waals surface area contributed by atoms with Gasteiger partial charge in [-0.2, -0.15) is 0 Å². The fraction of sp³-hybridized carbons (Fsp3) is 0.538. The summed E-state index contributed by atoms with van der Waals surface area (Å²) < 4.78 is 5.05. The Kier molecular flexibility index (Phi) is 6.29. The van der Waals surface area contributed by atoms with Crippen LogP contribution < -0.4 is 10.6 Å². The number of hydrogen-bond acceptors (Lipinski definition) is 6. The molecule has 0 spiro atoms. The van der Waals surface area contributed by atoms with Crippen molar-refractivity contribution < 1.29 is 19.1 Å². The van der Waals surface area contributed by atoms with Crippen molar-refractivity contribution in [1.82, 2.24) is 10.3 Å². The largest absolute Gasteiger partial charge is 0.463 e. The Bertz CT molecular complexity index is 527. The standard InChI is InChI=1S/C13H19N3O4S/c1-7(2)20-12(19)8(3)5-14-11(18)10-6-21-13(16-10)15-9(4)17/h6-8H,5H2,1-4H3,(H,14,18)(H,15,16,17). The van der Waals surface area contributed by atoms with E-state index in [1.54, 1.807) is 20.8 Å². The molecule has 0 saturated heterocycles. The molecule has 0 aliphatic rings. The van der Waals surface area contributed by atoms with Gasteiger partial charge in [-0.1, -0.05) is 6.92 Å².